The zero-order valence-electron chi connectivity index (χ0n) is 13.0. The van der Waals surface area contributed by atoms with Crippen LogP contribution in [0.3, 0.4) is 0 Å². The second-order valence-corrected chi connectivity index (χ2v) is 5.88. The van der Waals surface area contributed by atoms with Crippen LogP contribution in [0.1, 0.15) is 20.3 Å². The van der Waals surface area contributed by atoms with Gasteiger partial charge in [0.25, 0.3) is 0 Å². The molecule has 4 nitrogen and oxygen atoms in total. The number of amides is 1. The van der Waals surface area contributed by atoms with Crippen molar-refractivity contribution in [1.29, 1.82) is 0 Å². The number of nitrogens with one attached hydrogen (secondary N) is 2. The average Bonchev–Trinajstić information content (AvgIpc) is 2.36. The van der Waals surface area contributed by atoms with Gasteiger partial charge in [0, 0.05) is 18.3 Å². The Labute approximate surface area is 122 Å². The predicted molar refractivity (Wildman–Crippen MR) is 84.9 cm³/mol. The summed E-state index contributed by atoms with van der Waals surface area (Å²) < 4.78 is 0. The highest BCUT2D eigenvalue weighted by Gasteiger charge is 2.13. The fraction of sp³-hybridized carbons (Fsp3) is 0.562. The van der Waals surface area contributed by atoms with E-state index in [1.807, 2.05) is 30.3 Å². The van der Waals surface area contributed by atoms with Gasteiger partial charge in [0.1, 0.15) is 0 Å². The minimum atomic E-state index is 0.00344. The second kappa shape index (κ2) is 8.72. The molecule has 0 fully saturated rings. The van der Waals surface area contributed by atoms with Crippen molar-refractivity contribution in [2.75, 3.05) is 32.5 Å². The van der Waals surface area contributed by atoms with E-state index in [0.717, 1.165) is 18.7 Å². The fourth-order valence-electron chi connectivity index (χ4n) is 2.20. The molecule has 1 amide bonds. The molecular formula is C16H27N3O. The highest BCUT2D eigenvalue weighted by Crippen LogP contribution is 2.06. The second-order valence-electron chi connectivity index (χ2n) is 5.88. The highest BCUT2D eigenvalue weighted by atomic mass is 16.1. The maximum absolute atomic E-state index is 11.9. The first-order valence-corrected chi connectivity index (χ1v) is 7.20. The quantitative estimate of drug-likeness (QED) is 0.765. The molecule has 20 heavy (non-hydrogen) atoms. The van der Waals surface area contributed by atoms with Gasteiger partial charge < -0.3 is 15.5 Å². The van der Waals surface area contributed by atoms with Crippen LogP contribution in [0.2, 0.25) is 0 Å². The van der Waals surface area contributed by atoms with Gasteiger partial charge in [-0.2, -0.15) is 0 Å². The Morgan fingerprint density at radius 1 is 1.20 bits per heavy atom. The van der Waals surface area contributed by atoms with Crippen molar-refractivity contribution in [3.8, 4) is 0 Å². The van der Waals surface area contributed by atoms with Gasteiger partial charge in [0.15, 0.2) is 0 Å². The third kappa shape index (κ3) is 7.26. The molecule has 0 aliphatic carbocycles. The molecular weight excluding hydrogens is 250 g/mol. The standard InChI is InChI=1S/C16H27N3O/c1-13(2)10-15(12-19(3)4)17-11-16(20)18-14-8-6-5-7-9-14/h5-9,13,15,17H,10-12H2,1-4H3,(H,18,20). The molecule has 4 heteroatoms. The fourth-order valence-corrected chi connectivity index (χ4v) is 2.20. The number of carbonyl (C=O) groups excluding carboxylic acids is 1. The summed E-state index contributed by atoms with van der Waals surface area (Å²) in [5, 5.41) is 6.24. The van der Waals surface area contributed by atoms with Gasteiger partial charge in [-0.3, -0.25) is 4.79 Å². The summed E-state index contributed by atoms with van der Waals surface area (Å²) in [6, 6.07) is 9.88. The smallest absolute Gasteiger partial charge is 0.238 e. The Hall–Kier alpha value is -1.39. The Morgan fingerprint density at radius 2 is 1.85 bits per heavy atom. The molecule has 0 aromatic heterocycles. The van der Waals surface area contributed by atoms with Crippen LogP contribution in [0.15, 0.2) is 30.3 Å². The van der Waals surface area contributed by atoms with E-state index in [0.29, 0.717) is 18.5 Å². The summed E-state index contributed by atoms with van der Waals surface area (Å²) >= 11 is 0. The molecule has 0 saturated heterocycles. The summed E-state index contributed by atoms with van der Waals surface area (Å²) in [6.07, 6.45) is 1.07. The lowest BCUT2D eigenvalue weighted by atomic mass is 10.0. The maximum Gasteiger partial charge on any atom is 0.238 e. The van der Waals surface area contributed by atoms with Gasteiger partial charge in [-0.15, -0.1) is 0 Å². The molecule has 1 aromatic rings. The Morgan fingerprint density at radius 3 is 2.40 bits per heavy atom. The number of carbonyl (C=O) groups is 1. The Kier molecular flexibility index (Phi) is 7.26. The summed E-state index contributed by atoms with van der Waals surface area (Å²) in [4.78, 5) is 14.0. The topological polar surface area (TPSA) is 44.4 Å². The zero-order chi connectivity index (χ0) is 15.0. The van der Waals surface area contributed by atoms with Crippen LogP contribution in [-0.2, 0) is 4.79 Å². The van der Waals surface area contributed by atoms with Crippen molar-refractivity contribution in [2.24, 2.45) is 5.92 Å². The number of hydrogen-bond donors (Lipinski definition) is 2. The molecule has 1 aromatic carbocycles. The lowest BCUT2D eigenvalue weighted by Crippen LogP contribution is -2.42. The average molecular weight is 277 g/mol. The van der Waals surface area contributed by atoms with E-state index in [2.05, 4.69) is 43.5 Å². The van der Waals surface area contributed by atoms with Crippen molar-refractivity contribution in [3.05, 3.63) is 30.3 Å². The van der Waals surface area contributed by atoms with Crippen LogP contribution < -0.4 is 10.6 Å². The van der Waals surface area contributed by atoms with Crippen molar-refractivity contribution in [3.63, 3.8) is 0 Å². The first-order valence-electron chi connectivity index (χ1n) is 7.20. The van der Waals surface area contributed by atoms with Crippen LogP contribution in [0, 0.1) is 5.92 Å². The highest BCUT2D eigenvalue weighted by molar-refractivity contribution is 5.92. The van der Waals surface area contributed by atoms with Gasteiger partial charge in [0.05, 0.1) is 6.54 Å². The van der Waals surface area contributed by atoms with E-state index in [4.69, 9.17) is 0 Å². The van der Waals surface area contributed by atoms with E-state index in [9.17, 15) is 4.79 Å². The van der Waals surface area contributed by atoms with Crippen molar-refractivity contribution >= 4 is 11.6 Å². The minimum absolute atomic E-state index is 0.00344. The van der Waals surface area contributed by atoms with Crippen LogP contribution in [-0.4, -0.2) is 44.0 Å². The van der Waals surface area contributed by atoms with Crippen LogP contribution in [0.4, 0.5) is 5.69 Å². The maximum atomic E-state index is 11.9. The lowest BCUT2D eigenvalue weighted by molar-refractivity contribution is -0.115. The molecule has 0 bridgehead atoms. The van der Waals surface area contributed by atoms with Crippen molar-refractivity contribution in [1.82, 2.24) is 10.2 Å². The van der Waals surface area contributed by atoms with Gasteiger partial charge in [0.2, 0.25) is 5.91 Å². The van der Waals surface area contributed by atoms with Gasteiger partial charge in [-0.05, 0) is 38.6 Å². The normalized spacial score (nSPS) is 12.7. The van der Waals surface area contributed by atoms with Gasteiger partial charge >= 0.3 is 0 Å². The largest absolute Gasteiger partial charge is 0.325 e. The summed E-state index contributed by atoms with van der Waals surface area (Å²) in [5.41, 5.74) is 0.840. The minimum Gasteiger partial charge on any atom is -0.325 e. The molecule has 0 heterocycles. The van der Waals surface area contributed by atoms with Crippen LogP contribution >= 0.6 is 0 Å². The van der Waals surface area contributed by atoms with Gasteiger partial charge in [-0.1, -0.05) is 32.0 Å². The molecule has 1 unspecified atom stereocenters. The molecule has 0 radical (unpaired) electrons. The van der Waals surface area contributed by atoms with Crippen LogP contribution in [0.25, 0.3) is 0 Å². The third-order valence-corrected chi connectivity index (χ3v) is 2.95. The molecule has 0 spiro atoms. The van der Waals surface area contributed by atoms with E-state index in [1.54, 1.807) is 0 Å². The Balaban J connectivity index is 2.39. The van der Waals surface area contributed by atoms with Crippen molar-refractivity contribution < 1.29 is 4.79 Å². The Bertz CT molecular complexity index is 380. The molecule has 0 saturated carbocycles. The SMILES string of the molecule is CC(C)CC(CN(C)C)NCC(=O)Nc1ccccc1. The lowest BCUT2D eigenvalue weighted by Gasteiger charge is -2.23. The molecule has 0 aliphatic heterocycles. The first-order chi connectivity index (χ1) is 9.47. The third-order valence-electron chi connectivity index (χ3n) is 2.95. The molecule has 1 rings (SSSR count). The molecule has 2 N–H and O–H groups in total. The van der Waals surface area contributed by atoms with Crippen LogP contribution in [0.5, 0.6) is 0 Å². The summed E-state index contributed by atoms with van der Waals surface area (Å²) in [6.45, 7) is 5.69. The first kappa shape index (κ1) is 16.7. The van der Waals surface area contributed by atoms with Gasteiger partial charge in [-0.25, -0.2) is 0 Å². The number of anilines is 1. The molecule has 0 aliphatic rings. The molecule has 112 valence electrons. The predicted octanol–water partition coefficient (Wildman–Crippen LogP) is 2.19. The molecule has 1 atom stereocenters. The van der Waals surface area contributed by atoms with E-state index in [1.165, 1.54) is 0 Å². The van der Waals surface area contributed by atoms with E-state index in [-0.39, 0.29) is 5.91 Å². The number of benzene rings is 1. The van der Waals surface area contributed by atoms with E-state index >= 15 is 0 Å². The number of likely N-dealkylation sites (N-methyl/N-ethyl adjacent to an activating group) is 1. The monoisotopic (exact) mass is 277 g/mol. The number of para-hydroxylation sites is 1. The summed E-state index contributed by atoms with van der Waals surface area (Å²) in [5.74, 6) is 0.619. The number of rotatable bonds is 8. The van der Waals surface area contributed by atoms with E-state index < -0.39 is 0 Å². The number of hydrogen-bond acceptors (Lipinski definition) is 3. The number of nitrogens with zero attached hydrogens (tertiary/aromatic N) is 1. The summed E-state index contributed by atoms with van der Waals surface area (Å²) in [7, 11) is 4.11. The van der Waals surface area contributed by atoms with Crippen molar-refractivity contribution in [2.45, 2.75) is 26.3 Å². The zero-order valence-corrected chi connectivity index (χ0v) is 13.0.